The molecule has 1 aromatic carbocycles. The fraction of sp³-hybridized carbons (Fsp3) is 0.429. The number of amides is 1. The first-order chi connectivity index (χ1) is 9.35. The van der Waals surface area contributed by atoms with Crippen molar-refractivity contribution in [2.75, 3.05) is 13.1 Å². The smallest absolute Gasteiger partial charge is 0.311 e. The van der Waals surface area contributed by atoms with E-state index in [0.29, 0.717) is 19.4 Å². The number of carbonyl (C=O) groups excluding carboxylic acids is 1. The first-order valence-electron chi connectivity index (χ1n) is 6.32. The number of likely N-dealkylation sites (tertiary alicyclic amines) is 1. The molecule has 1 saturated heterocycles. The van der Waals surface area contributed by atoms with Crippen LogP contribution in [0.15, 0.2) is 22.7 Å². The Balaban J connectivity index is 2.25. The summed E-state index contributed by atoms with van der Waals surface area (Å²) in [6.07, 6.45) is 1.16. The van der Waals surface area contributed by atoms with Gasteiger partial charge in [0.25, 0.3) is 5.91 Å². The summed E-state index contributed by atoms with van der Waals surface area (Å²) in [7, 11) is 0. The molecule has 0 spiro atoms. The topological polar surface area (TPSA) is 57.6 Å². The van der Waals surface area contributed by atoms with Crippen molar-refractivity contribution >= 4 is 27.8 Å². The minimum atomic E-state index is -0.937. The molecule has 1 N–H and O–H groups in total. The molecule has 0 saturated carbocycles. The van der Waals surface area contributed by atoms with E-state index in [0.717, 1.165) is 0 Å². The molecule has 1 fully saturated rings. The van der Waals surface area contributed by atoms with Crippen LogP contribution in [0.4, 0.5) is 4.39 Å². The average Bonchev–Trinajstić information content (AvgIpc) is 2.41. The molecule has 108 valence electrons. The normalized spacial score (nSPS) is 22.6. The molecule has 0 bridgehead atoms. The first-order valence-corrected chi connectivity index (χ1v) is 7.11. The summed E-state index contributed by atoms with van der Waals surface area (Å²) in [5.41, 5.74) is -0.715. The van der Waals surface area contributed by atoms with Gasteiger partial charge in [0.2, 0.25) is 0 Å². The Bertz CT molecular complexity index is 563. The van der Waals surface area contributed by atoms with Gasteiger partial charge in [-0.15, -0.1) is 0 Å². The maximum atomic E-state index is 13.5. The Kier molecular flexibility index (Phi) is 4.13. The highest BCUT2D eigenvalue weighted by molar-refractivity contribution is 9.10. The molecular weight excluding hydrogens is 329 g/mol. The van der Waals surface area contributed by atoms with Crippen LogP contribution in [0.3, 0.4) is 0 Å². The van der Waals surface area contributed by atoms with E-state index in [1.165, 1.54) is 23.1 Å². The highest BCUT2D eigenvalue weighted by Gasteiger charge is 2.39. The van der Waals surface area contributed by atoms with Crippen LogP contribution >= 0.6 is 15.9 Å². The van der Waals surface area contributed by atoms with E-state index in [-0.39, 0.29) is 22.5 Å². The lowest BCUT2D eigenvalue weighted by Crippen LogP contribution is -2.48. The summed E-state index contributed by atoms with van der Waals surface area (Å²) in [5, 5.41) is 9.26. The second-order valence-corrected chi connectivity index (χ2v) is 6.09. The van der Waals surface area contributed by atoms with Crippen molar-refractivity contribution in [2.45, 2.75) is 19.8 Å². The number of carboxylic acid groups (broad SMARTS) is 1. The molecule has 1 unspecified atom stereocenters. The number of piperidine rings is 1. The lowest BCUT2D eigenvalue weighted by molar-refractivity contribution is -0.150. The summed E-state index contributed by atoms with van der Waals surface area (Å²) >= 11 is 3.07. The van der Waals surface area contributed by atoms with Crippen molar-refractivity contribution in [3.63, 3.8) is 0 Å². The zero-order valence-electron chi connectivity index (χ0n) is 11.0. The van der Waals surface area contributed by atoms with Crippen LogP contribution in [0.5, 0.6) is 0 Å². The van der Waals surface area contributed by atoms with Crippen LogP contribution in [0, 0.1) is 11.2 Å². The first kappa shape index (κ1) is 15.0. The molecular formula is C14H15BrFNO3. The van der Waals surface area contributed by atoms with E-state index in [1.807, 2.05) is 0 Å². The van der Waals surface area contributed by atoms with Gasteiger partial charge in [-0.3, -0.25) is 9.59 Å². The van der Waals surface area contributed by atoms with E-state index in [9.17, 15) is 19.1 Å². The zero-order valence-corrected chi connectivity index (χ0v) is 12.6. The zero-order chi connectivity index (χ0) is 14.9. The van der Waals surface area contributed by atoms with E-state index in [1.54, 1.807) is 6.92 Å². The van der Waals surface area contributed by atoms with Crippen LogP contribution in [0.25, 0.3) is 0 Å². The molecule has 0 aromatic heterocycles. The van der Waals surface area contributed by atoms with Gasteiger partial charge in [0.15, 0.2) is 0 Å². The molecule has 0 radical (unpaired) electrons. The average molecular weight is 344 g/mol. The van der Waals surface area contributed by atoms with E-state index < -0.39 is 17.2 Å². The molecule has 1 aliphatic rings. The molecule has 1 amide bonds. The summed E-state index contributed by atoms with van der Waals surface area (Å²) in [6.45, 7) is 2.27. The minimum absolute atomic E-state index is 0.118. The number of rotatable bonds is 2. The van der Waals surface area contributed by atoms with Crippen LogP contribution < -0.4 is 0 Å². The van der Waals surface area contributed by atoms with Crippen LogP contribution in [0.2, 0.25) is 0 Å². The number of hydrogen-bond acceptors (Lipinski definition) is 2. The van der Waals surface area contributed by atoms with E-state index in [2.05, 4.69) is 15.9 Å². The largest absolute Gasteiger partial charge is 0.481 e. The maximum Gasteiger partial charge on any atom is 0.311 e. The summed E-state index contributed by atoms with van der Waals surface area (Å²) < 4.78 is 13.6. The van der Waals surface area contributed by atoms with Gasteiger partial charge in [-0.05, 0) is 47.8 Å². The third-order valence-electron chi connectivity index (χ3n) is 3.68. The third kappa shape index (κ3) is 2.70. The third-order valence-corrected chi connectivity index (χ3v) is 4.49. The predicted octanol–water partition coefficient (Wildman–Crippen LogP) is 2.92. The lowest BCUT2D eigenvalue weighted by Gasteiger charge is -2.37. The van der Waals surface area contributed by atoms with E-state index >= 15 is 0 Å². The standard InChI is InChI=1S/C14H15BrFNO3/c1-14(13(19)20)6-3-7-17(8-14)12(18)9-4-2-5-10(16)11(9)15/h2,4-5H,3,6-8H2,1H3,(H,19,20). The number of carbonyl (C=O) groups is 2. The Hall–Kier alpha value is -1.43. The van der Waals surface area contributed by atoms with Crippen molar-refractivity contribution in [2.24, 2.45) is 5.41 Å². The monoisotopic (exact) mass is 343 g/mol. The van der Waals surface area contributed by atoms with Crippen molar-refractivity contribution in [1.82, 2.24) is 4.90 Å². The van der Waals surface area contributed by atoms with Gasteiger partial charge >= 0.3 is 5.97 Å². The Morgan fingerprint density at radius 2 is 2.15 bits per heavy atom. The highest BCUT2D eigenvalue weighted by Crippen LogP contribution is 2.31. The molecule has 1 aliphatic heterocycles. The molecule has 6 heteroatoms. The van der Waals surface area contributed by atoms with Crippen molar-refractivity contribution in [3.8, 4) is 0 Å². The molecule has 1 heterocycles. The van der Waals surface area contributed by atoms with Crippen molar-refractivity contribution < 1.29 is 19.1 Å². The van der Waals surface area contributed by atoms with Crippen LogP contribution in [-0.4, -0.2) is 35.0 Å². The second-order valence-electron chi connectivity index (χ2n) is 5.30. The maximum absolute atomic E-state index is 13.5. The Morgan fingerprint density at radius 3 is 2.80 bits per heavy atom. The van der Waals surface area contributed by atoms with Crippen molar-refractivity contribution in [3.05, 3.63) is 34.1 Å². The second kappa shape index (κ2) is 5.52. The molecule has 2 rings (SSSR count). The molecule has 20 heavy (non-hydrogen) atoms. The number of nitrogens with zero attached hydrogens (tertiary/aromatic N) is 1. The lowest BCUT2D eigenvalue weighted by atomic mass is 9.82. The van der Waals surface area contributed by atoms with Gasteiger partial charge in [0.1, 0.15) is 5.82 Å². The Labute approximate surface area is 124 Å². The van der Waals surface area contributed by atoms with Crippen LogP contribution in [-0.2, 0) is 4.79 Å². The van der Waals surface area contributed by atoms with Gasteiger partial charge in [-0.1, -0.05) is 6.07 Å². The quantitative estimate of drug-likeness (QED) is 0.898. The SMILES string of the molecule is CC1(C(=O)O)CCCN(C(=O)c2cccc(F)c2Br)C1. The Morgan fingerprint density at radius 1 is 1.45 bits per heavy atom. The van der Waals surface area contributed by atoms with Crippen LogP contribution in [0.1, 0.15) is 30.1 Å². The highest BCUT2D eigenvalue weighted by atomic mass is 79.9. The van der Waals surface area contributed by atoms with E-state index in [4.69, 9.17) is 0 Å². The number of carboxylic acids is 1. The van der Waals surface area contributed by atoms with Gasteiger partial charge in [-0.25, -0.2) is 4.39 Å². The van der Waals surface area contributed by atoms with Gasteiger partial charge in [0.05, 0.1) is 15.5 Å². The predicted molar refractivity (Wildman–Crippen MR) is 75.0 cm³/mol. The minimum Gasteiger partial charge on any atom is -0.481 e. The van der Waals surface area contributed by atoms with Crippen molar-refractivity contribution in [1.29, 1.82) is 0 Å². The summed E-state index contributed by atoms with van der Waals surface area (Å²) in [5.74, 6) is -1.76. The molecule has 1 aromatic rings. The fourth-order valence-corrected chi connectivity index (χ4v) is 2.86. The number of benzene rings is 1. The molecule has 1 atom stereocenters. The number of aliphatic carboxylic acids is 1. The van der Waals surface area contributed by atoms with Gasteiger partial charge < -0.3 is 10.0 Å². The summed E-state index contributed by atoms with van der Waals surface area (Å²) in [6, 6.07) is 4.26. The van der Waals surface area contributed by atoms with Gasteiger partial charge in [0, 0.05) is 13.1 Å². The summed E-state index contributed by atoms with van der Waals surface area (Å²) in [4.78, 5) is 25.2. The fourth-order valence-electron chi connectivity index (χ4n) is 2.43. The number of halogens is 2. The number of hydrogen-bond donors (Lipinski definition) is 1. The van der Waals surface area contributed by atoms with Gasteiger partial charge in [-0.2, -0.15) is 0 Å². The molecule has 0 aliphatic carbocycles. The molecule has 4 nitrogen and oxygen atoms in total.